The Morgan fingerprint density at radius 2 is 0.981 bits per heavy atom. The Labute approximate surface area is 318 Å². The van der Waals surface area contributed by atoms with Gasteiger partial charge in [-0.2, -0.15) is 10.2 Å². The number of hydrogen-bond donors (Lipinski definition) is 6. The van der Waals surface area contributed by atoms with Crippen molar-refractivity contribution in [1.82, 2.24) is 31.5 Å². The number of ether oxygens (including phenoxy) is 4. The van der Waals surface area contributed by atoms with Crippen LogP contribution in [0.25, 0.3) is 44.1 Å². The van der Waals surface area contributed by atoms with Crippen LogP contribution in [0.5, 0.6) is 23.0 Å². The molecule has 2 aromatic heterocycles. The first-order valence-corrected chi connectivity index (χ1v) is 17.4. The number of nitrogens with one attached hydrogen (secondary N) is 6. The summed E-state index contributed by atoms with van der Waals surface area (Å²) in [5, 5.41) is 17.1. The highest BCUT2D eigenvalue weighted by Crippen LogP contribution is 2.46. The van der Waals surface area contributed by atoms with E-state index >= 15 is 0 Å². The second-order valence-electron chi connectivity index (χ2n) is 11.7. The average Bonchev–Trinajstić information content (AvgIpc) is 3.77. The number of aromatic nitrogens is 2. The Hall–Kier alpha value is -6.12. The summed E-state index contributed by atoms with van der Waals surface area (Å²) < 4.78 is 23.8. The van der Waals surface area contributed by atoms with E-state index in [-0.39, 0.29) is 0 Å². The quantitative estimate of drug-likeness (QED) is 0.0469. The summed E-state index contributed by atoms with van der Waals surface area (Å²) in [6.45, 7) is 0. The van der Waals surface area contributed by atoms with Gasteiger partial charge in [0, 0.05) is 55.2 Å². The standard InChI is InChI=1S/C39H40N8O4S2/c1-40-38(52)46-42-20-24-28(48-3)18-30(50-5)34-32(22-13-9-7-10-14-22)26(44-36(24)34)17-27-33(23-15-11-8-12-16-23)35-31(51-6)19-29(49-4)25(37(35)45-27)21-43-47-39(53)41-2/h7-16,18-21,44-45H,17H2,1-6H3,(H2,40,46,52)(H2,41,47,53)/b42-20+,43-21+. The first-order chi connectivity index (χ1) is 25.9. The molecule has 272 valence electrons. The van der Waals surface area contributed by atoms with Crippen LogP contribution in [-0.2, 0) is 6.42 Å². The van der Waals surface area contributed by atoms with Gasteiger partial charge in [-0.05, 0) is 35.6 Å². The first kappa shape index (κ1) is 36.7. The van der Waals surface area contributed by atoms with Crippen molar-refractivity contribution >= 4 is 68.9 Å². The van der Waals surface area contributed by atoms with E-state index in [2.05, 4.69) is 65.9 Å². The van der Waals surface area contributed by atoms with E-state index in [0.717, 1.165) is 66.6 Å². The van der Waals surface area contributed by atoms with Crippen LogP contribution in [0.3, 0.4) is 0 Å². The molecule has 6 aromatic rings. The molecule has 53 heavy (non-hydrogen) atoms. The van der Waals surface area contributed by atoms with E-state index < -0.39 is 0 Å². The summed E-state index contributed by atoms with van der Waals surface area (Å²) in [4.78, 5) is 7.52. The van der Waals surface area contributed by atoms with Gasteiger partial charge in [0.1, 0.15) is 23.0 Å². The van der Waals surface area contributed by atoms with Crippen molar-refractivity contribution < 1.29 is 18.9 Å². The number of benzene rings is 4. The molecule has 4 aromatic carbocycles. The molecular weight excluding hydrogens is 709 g/mol. The average molecular weight is 749 g/mol. The second-order valence-corrected chi connectivity index (χ2v) is 12.5. The Morgan fingerprint density at radius 1 is 0.604 bits per heavy atom. The van der Waals surface area contributed by atoms with Gasteiger partial charge in [-0.15, -0.1) is 0 Å². The maximum absolute atomic E-state index is 6.02. The van der Waals surface area contributed by atoms with Crippen LogP contribution in [0.1, 0.15) is 22.5 Å². The van der Waals surface area contributed by atoms with E-state index in [0.29, 0.717) is 39.6 Å². The molecule has 0 aliphatic carbocycles. The maximum atomic E-state index is 6.02. The summed E-state index contributed by atoms with van der Waals surface area (Å²) in [7, 11) is 10.0. The molecule has 0 bridgehead atoms. The summed E-state index contributed by atoms with van der Waals surface area (Å²) in [5.41, 5.74) is 14.5. The zero-order valence-electron chi connectivity index (χ0n) is 30.1. The van der Waals surface area contributed by atoms with Crippen molar-refractivity contribution in [3.8, 4) is 45.3 Å². The molecule has 14 heteroatoms. The van der Waals surface area contributed by atoms with Crippen molar-refractivity contribution in [1.29, 1.82) is 0 Å². The summed E-state index contributed by atoms with van der Waals surface area (Å²) in [5.74, 6) is 2.44. The minimum Gasteiger partial charge on any atom is -0.496 e. The SMILES string of the molecule is CNC(=S)N/N=C/c1c(OC)cc(OC)c2c(-c3ccccc3)c(Cc3[nH]c4c(/C=N/NC(=S)NC)c(OC)cc(OC)c4c3-c3ccccc3)[nH]c12. The molecule has 0 aliphatic heterocycles. The third kappa shape index (κ3) is 7.32. The highest BCUT2D eigenvalue weighted by molar-refractivity contribution is 7.80. The van der Waals surface area contributed by atoms with Crippen molar-refractivity contribution in [3.63, 3.8) is 0 Å². The smallest absolute Gasteiger partial charge is 0.186 e. The van der Waals surface area contributed by atoms with Gasteiger partial charge in [-0.3, -0.25) is 10.9 Å². The molecule has 0 atom stereocenters. The third-order valence-electron chi connectivity index (χ3n) is 8.77. The number of nitrogens with zero attached hydrogens (tertiary/aromatic N) is 2. The largest absolute Gasteiger partial charge is 0.496 e. The lowest BCUT2D eigenvalue weighted by Gasteiger charge is -2.12. The fourth-order valence-electron chi connectivity index (χ4n) is 6.41. The lowest BCUT2D eigenvalue weighted by molar-refractivity contribution is 0.397. The molecule has 0 unspecified atom stereocenters. The maximum Gasteiger partial charge on any atom is 0.186 e. The lowest BCUT2D eigenvalue weighted by Crippen LogP contribution is -2.28. The molecule has 12 nitrogen and oxygen atoms in total. The van der Waals surface area contributed by atoms with Gasteiger partial charge in [-0.1, -0.05) is 60.7 Å². The fourth-order valence-corrected chi connectivity index (χ4v) is 6.52. The van der Waals surface area contributed by atoms with E-state index in [4.69, 9.17) is 43.4 Å². The molecular formula is C39H40N8O4S2. The molecule has 0 radical (unpaired) electrons. The number of H-pyrrole nitrogens is 2. The summed E-state index contributed by atoms with van der Waals surface area (Å²) >= 11 is 10.5. The van der Waals surface area contributed by atoms with Gasteiger partial charge in [0.25, 0.3) is 0 Å². The predicted octanol–water partition coefficient (Wildman–Crippen LogP) is 6.46. The molecule has 6 N–H and O–H groups in total. The number of rotatable bonds is 12. The Balaban J connectivity index is 1.66. The number of aromatic amines is 2. The van der Waals surface area contributed by atoms with Crippen molar-refractivity contribution in [2.45, 2.75) is 6.42 Å². The summed E-state index contributed by atoms with van der Waals surface area (Å²) in [6.07, 6.45) is 3.83. The van der Waals surface area contributed by atoms with Crippen LogP contribution in [0.2, 0.25) is 0 Å². The molecule has 0 amide bonds. The van der Waals surface area contributed by atoms with Gasteiger partial charge in [0.05, 0.1) is 73.8 Å². The topological polar surface area (TPSA) is 141 Å². The number of thiocarbonyl (C=S) groups is 2. The second kappa shape index (κ2) is 16.5. The Morgan fingerprint density at radius 3 is 1.32 bits per heavy atom. The normalized spacial score (nSPS) is 11.3. The van der Waals surface area contributed by atoms with Crippen LogP contribution in [0.15, 0.2) is 83.0 Å². The Bertz CT molecular complexity index is 2170. The highest BCUT2D eigenvalue weighted by atomic mass is 32.1. The van der Waals surface area contributed by atoms with Crippen molar-refractivity contribution in [2.75, 3.05) is 42.5 Å². The first-order valence-electron chi connectivity index (χ1n) is 16.6. The van der Waals surface area contributed by atoms with Crippen LogP contribution in [-0.4, -0.2) is 75.2 Å². The van der Waals surface area contributed by atoms with Gasteiger partial charge in [0.2, 0.25) is 0 Å². The minimum absolute atomic E-state index is 0.381. The zero-order valence-corrected chi connectivity index (χ0v) is 31.8. The van der Waals surface area contributed by atoms with Crippen LogP contribution < -0.4 is 40.4 Å². The Kier molecular flexibility index (Phi) is 11.4. The van der Waals surface area contributed by atoms with Crippen molar-refractivity contribution in [3.05, 3.63) is 95.3 Å². The van der Waals surface area contributed by atoms with Gasteiger partial charge >= 0.3 is 0 Å². The molecule has 0 spiro atoms. The molecule has 0 saturated heterocycles. The molecule has 0 fully saturated rings. The number of methoxy groups -OCH3 is 4. The molecule has 6 rings (SSSR count). The monoisotopic (exact) mass is 748 g/mol. The van der Waals surface area contributed by atoms with Crippen LogP contribution in [0.4, 0.5) is 0 Å². The molecule has 2 heterocycles. The zero-order chi connectivity index (χ0) is 37.5. The number of hydrazone groups is 2. The van der Waals surface area contributed by atoms with Gasteiger partial charge in [-0.25, -0.2) is 0 Å². The highest BCUT2D eigenvalue weighted by Gasteiger charge is 2.26. The van der Waals surface area contributed by atoms with Crippen molar-refractivity contribution in [2.24, 2.45) is 10.2 Å². The van der Waals surface area contributed by atoms with E-state index in [1.165, 1.54) is 0 Å². The van der Waals surface area contributed by atoms with Crippen LogP contribution >= 0.6 is 24.4 Å². The number of hydrogen-bond acceptors (Lipinski definition) is 8. The van der Waals surface area contributed by atoms with E-state index in [1.54, 1.807) is 55.0 Å². The minimum atomic E-state index is 0.381. The van der Waals surface area contributed by atoms with E-state index in [9.17, 15) is 0 Å². The third-order valence-corrected chi connectivity index (χ3v) is 9.36. The molecule has 0 aliphatic rings. The van der Waals surface area contributed by atoms with Crippen LogP contribution in [0, 0.1) is 0 Å². The molecule has 0 saturated carbocycles. The van der Waals surface area contributed by atoms with Gasteiger partial charge in [0.15, 0.2) is 10.2 Å². The fraction of sp³-hybridized carbons (Fsp3) is 0.179. The predicted molar refractivity (Wildman–Crippen MR) is 221 cm³/mol. The van der Waals surface area contributed by atoms with Gasteiger partial charge < -0.3 is 39.5 Å². The number of fused-ring (bicyclic) bond motifs is 2. The van der Waals surface area contributed by atoms with E-state index in [1.807, 2.05) is 48.5 Å². The summed E-state index contributed by atoms with van der Waals surface area (Å²) in [6, 6.07) is 24.2. The lowest BCUT2D eigenvalue weighted by atomic mass is 9.95.